The Balaban J connectivity index is 2.18. The van der Waals surface area contributed by atoms with Crippen molar-refractivity contribution < 1.29 is 28.8 Å². The third-order valence-electron chi connectivity index (χ3n) is 8.26. The first-order valence-electron chi connectivity index (χ1n) is 16.1. The minimum Gasteiger partial charge on any atom is -0.346 e. The quantitative estimate of drug-likeness (QED) is 0.145. The van der Waals surface area contributed by atoms with Crippen LogP contribution in [0.25, 0.3) is 0 Å². The molecule has 0 saturated carbocycles. The molecule has 2 saturated heterocycles. The lowest BCUT2D eigenvalue weighted by Gasteiger charge is -2.39. The van der Waals surface area contributed by atoms with Gasteiger partial charge in [-0.15, -0.1) is 6.58 Å². The number of nitrogens with one attached hydrogen (secondary N) is 5. The zero-order chi connectivity index (χ0) is 33.9. The van der Waals surface area contributed by atoms with E-state index in [4.69, 9.17) is 0 Å². The third-order valence-corrected chi connectivity index (χ3v) is 8.26. The van der Waals surface area contributed by atoms with Crippen molar-refractivity contribution in [2.24, 2.45) is 10.8 Å². The van der Waals surface area contributed by atoms with E-state index in [2.05, 4.69) is 33.2 Å². The van der Waals surface area contributed by atoms with Crippen LogP contribution in [0.15, 0.2) is 12.7 Å². The molecule has 45 heavy (non-hydrogen) atoms. The number of carbonyl (C=O) groups excluding carboxylic acids is 6. The summed E-state index contributed by atoms with van der Waals surface area (Å²) in [5.74, 6) is -2.45. The van der Waals surface area contributed by atoms with Gasteiger partial charge in [0.05, 0.1) is 12.1 Å². The van der Waals surface area contributed by atoms with Gasteiger partial charge < -0.3 is 36.4 Å². The van der Waals surface area contributed by atoms with Gasteiger partial charge in [-0.3, -0.25) is 19.2 Å². The van der Waals surface area contributed by atoms with Gasteiger partial charge in [-0.25, -0.2) is 9.59 Å². The maximum Gasteiger partial charge on any atom is 0.317 e. The minimum atomic E-state index is -1.02. The second kappa shape index (κ2) is 16.6. The molecule has 5 N–H and O–H groups in total. The fraction of sp³-hybridized carbons (Fsp3) is 0.750. The van der Waals surface area contributed by atoms with E-state index >= 15 is 0 Å². The molecule has 0 radical (unpaired) electrons. The average molecular weight is 634 g/mol. The smallest absolute Gasteiger partial charge is 0.317 e. The van der Waals surface area contributed by atoms with Crippen LogP contribution in [0.4, 0.5) is 9.59 Å². The van der Waals surface area contributed by atoms with Crippen LogP contribution in [-0.4, -0.2) is 102 Å². The Morgan fingerprint density at radius 2 is 1.69 bits per heavy atom. The van der Waals surface area contributed by atoms with Gasteiger partial charge in [0.2, 0.25) is 17.6 Å². The highest BCUT2D eigenvalue weighted by atomic mass is 16.2. The van der Waals surface area contributed by atoms with Gasteiger partial charge in [-0.1, -0.05) is 67.4 Å². The van der Waals surface area contributed by atoms with E-state index in [0.29, 0.717) is 51.9 Å². The van der Waals surface area contributed by atoms with E-state index in [0.717, 1.165) is 12.8 Å². The summed E-state index contributed by atoms with van der Waals surface area (Å²) < 4.78 is 0. The summed E-state index contributed by atoms with van der Waals surface area (Å²) in [5.41, 5.74) is -1.09. The molecule has 13 heteroatoms. The van der Waals surface area contributed by atoms with E-state index in [1.54, 1.807) is 4.90 Å². The number of amides is 7. The highest BCUT2D eigenvalue weighted by molar-refractivity contribution is 6.38. The molecule has 4 atom stereocenters. The van der Waals surface area contributed by atoms with Crippen LogP contribution in [0.2, 0.25) is 0 Å². The van der Waals surface area contributed by atoms with Crippen LogP contribution in [0.3, 0.4) is 0 Å². The Labute approximate surface area is 268 Å². The number of carbonyl (C=O) groups is 6. The molecule has 2 aliphatic heterocycles. The van der Waals surface area contributed by atoms with Crippen LogP contribution in [0.1, 0.15) is 87.0 Å². The van der Waals surface area contributed by atoms with Crippen LogP contribution >= 0.6 is 0 Å². The molecule has 2 heterocycles. The number of Topliss-reactive ketones (excluding diaryl/α,β-unsaturated/α-hetero) is 1. The fourth-order valence-corrected chi connectivity index (χ4v) is 5.41. The molecule has 1 unspecified atom stereocenters. The molecule has 254 valence electrons. The normalized spacial score (nSPS) is 19.1. The molecule has 0 aromatic heterocycles. The van der Waals surface area contributed by atoms with Gasteiger partial charge in [0.1, 0.15) is 12.1 Å². The number of ketones is 1. The molecule has 2 rings (SSSR count). The predicted octanol–water partition coefficient (Wildman–Crippen LogP) is 2.07. The summed E-state index contributed by atoms with van der Waals surface area (Å²) in [7, 11) is 0. The minimum absolute atomic E-state index is 0.128. The van der Waals surface area contributed by atoms with Crippen molar-refractivity contribution in [1.82, 2.24) is 36.4 Å². The monoisotopic (exact) mass is 633 g/mol. The first-order valence-corrected chi connectivity index (χ1v) is 16.1. The van der Waals surface area contributed by atoms with E-state index in [9.17, 15) is 28.8 Å². The molecule has 0 spiro atoms. The maximum atomic E-state index is 14.0. The summed E-state index contributed by atoms with van der Waals surface area (Å²) >= 11 is 0. The number of hydrogen-bond acceptors (Lipinski definition) is 6. The van der Waals surface area contributed by atoms with E-state index in [1.165, 1.54) is 11.0 Å². The lowest BCUT2D eigenvalue weighted by molar-refractivity contribution is -0.143. The Morgan fingerprint density at radius 3 is 2.27 bits per heavy atom. The molecule has 0 aromatic rings. The van der Waals surface area contributed by atoms with Gasteiger partial charge in [-0.2, -0.15) is 0 Å². The summed E-state index contributed by atoms with van der Waals surface area (Å²) in [6, 6.07) is -3.94. The van der Waals surface area contributed by atoms with Crippen LogP contribution in [0, 0.1) is 10.8 Å². The molecule has 13 nitrogen and oxygen atoms in total. The summed E-state index contributed by atoms with van der Waals surface area (Å²) in [6.45, 7) is 18.9. The van der Waals surface area contributed by atoms with Crippen molar-refractivity contribution in [3.8, 4) is 0 Å². The third kappa shape index (κ3) is 11.0. The van der Waals surface area contributed by atoms with E-state index in [-0.39, 0.29) is 18.0 Å². The van der Waals surface area contributed by atoms with Crippen LogP contribution in [0.5, 0.6) is 0 Å². The van der Waals surface area contributed by atoms with Crippen molar-refractivity contribution in [3.05, 3.63) is 12.7 Å². The van der Waals surface area contributed by atoms with E-state index < -0.39 is 59.1 Å². The Hall–Kier alpha value is -3.64. The molecular weight excluding hydrogens is 578 g/mol. The molecule has 2 aliphatic rings. The lowest BCUT2D eigenvalue weighted by atomic mass is 9.85. The van der Waals surface area contributed by atoms with Gasteiger partial charge in [-0.05, 0) is 36.5 Å². The number of hydrogen-bond donors (Lipinski definition) is 5. The number of likely N-dealkylation sites (tertiary alicyclic amines) is 1. The largest absolute Gasteiger partial charge is 0.346 e. The zero-order valence-electron chi connectivity index (χ0n) is 28.2. The Morgan fingerprint density at radius 1 is 1.00 bits per heavy atom. The zero-order valence-corrected chi connectivity index (χ0v) is 28.2. The van der Waals surface area contributed by atoms with Crippen molar-refractivity contribution in [2.45, 2.75) is 111 Å². The van der Waals surface area contributed by atoms with Crippen molar-refractivity contribution in [1.29, 1.82) is 0 Å². The van der Waals surface area contributed by atoms with Gasteiger partial charge in [0.25, 0.3) is 5.91 Å². The number of rotatable bonds is 14. The number of nitrogens with zero attached hydrogens (tertiary/aromatic N) is 2. The van der Waals surface area contributed by atoms with Gasteiger partial charge in [0, 0.05) is 32.7 Å². The molecule has 2 fully saturated rings. The second-order valence-corrected chi connectivity index (χ2v) is 14.1. The second-order valence-electron chi connectivity index (χ2n) is 14.1. The average Bonchev–Trinajstić information content (AvgIpc) is 3.46. The molecule has 0 aliphatic carbocycles. The van der Waals surface area contributed by atoms with Crippen molar-refractivity contribution >= 4 is 35.6 Å². The Kier molecular flexibility index (Phi) is 13.9. The lowest BCUT2D eigenvalue weighted by Crippen LogP contribution is -2.62. The predicted molar refractivity (Wildman–Crippen MR) is 172 cm³/mol. The topological polar surface area (TPSA) is 169 Å². The number of unbranched alkanes of at least 4 members (excludes halogenated alkanes) is 1. The molecular formula is C32H55N7O6. The SMILES string of the molecule is C=CCNC(=O)C(=O)C(CCCC)NC(=O)[C@@H]1CCCN1C(=O)[C@@H](NC(=O)N[C@H](CN1CCCNC1=O)C(C)(C)C)C(C)(C)C. The van der Waals surface area contributed by atoms with Gasteiger partial charge >= 0.3 is 12.1 Å². The summed E-state index contributed by atoms with van der Waals surface area (Å²) in [5, 5.41) is 13.9. The van der Waals surface area contributed by atoms with Gasteiger partial charge in [0.15, 0.2) is 0 Å². The summed E-state index contributed by atoms with van der Waals surface area (Å²) in [4.78, 5) is 81.6. The molecule has 0 aromatic carbocycles. The first-order chi connectivity index (χ1) is 21.0. The molecule has 7 amide bonds. The fourth-order valence-electron chi connectivity index (χ4n) is 5.41. The standard InChI is InChI=1S/C32H55N7O6/c1-9-11-14-21(24(40)27(42)33-16-10-2)35-26(41)22-15-12-19-39(22)28(43)25(32(6,7)8)37-29(44)36-23(31(3,4)5)20-38-18-13-17-34-30(38)45/h10,21-23,25H,2,9,11-20H2,1,3-8H3,(H,33,42)(H,34,45)(H,35,41)(H2,36,37,44)/t21?,22-,23+,25+/m0/s1. The summed E-state index contributed by atoms with van der Waals surface area (Å²) in [6.07, 6.45) is 4.93. The molecule has 0 bridgehead atoms. The van der Waals surface area contributed by atoms with Crippen LogP contribution < -0.4 is 26.6 Å². The Bertz CT molecular complexity index is 1100. The van der Waals surface area contributed by atoms with Crippen molar-refractivity contribution in [2.75, 3.05) is 32.7 Å². The number of urea groups is 2. The highest BCUT2D eigenvalue weighted by Crippen LogP contribution is 2.27. The van der Waals surface area contributed by atoms with E-state index in [1.807, 2.05) is 48.5 Å². The van der Waals surface area contributed by atoms with Crippen molar-refractivity contribution in [3.63, 3.8) is 0 Å². The van der Waals surface area contributed by atoms with Crippen LogP contribution in [-0.2, 0) is 19.2 Å². The maximum absolute atomic E-state index is 14.0. The highest BCUT2D eigenvalue weighted by Gasteiger charge is 2.43. The first kappa shape index (κ1) is 37.5.